The van der Waals surface area contributed by atoms with Crippen LogP contribution in [0.15, 0.2) is 59.4 Å². The lowest BCUT2D eigenvalue weighted by molar-refractivity contribution is 0.0787. The van der Waals surface area contributed by atoms with Crippen LogP contribution in [0.5, 0.6) is 0 Å². The number of pyridine rings is 1. The fourth-order valence-corrected chi connectivity index (χ4v) is 2.83. The second-order valence-corrected chi connectivity index (χ2v) is 6.31. The first kappa shape index (κ1) is 16.8. The highest BCUT2D eigenvalue weighted by Gasteiger charge is 2.16. The van der Waals surface area contributed by atoms with E-state index in [-0.39, 0.29) is 11.5 Å². The number of anilines is 1. The summed E-state index contributed by atoms with van der Waals surface area (Å²) in [5.41, 5.74) is 2.97. The number of amides is 1. The van der Waals surface area contributed by atoms with Gasteiger partial charge < -0.3 is 14.8 Å². The molecule has 0 fully saturated rings. The zero-order chi connectivity index (χ0) is 18.0. The fourth-order valence-electron chi connectivity index (χ4n) is 2.83. The molecule has 0 aliphatic rings. The van der Waals surface area contributed by atoms with Crippen molar-refractivity contribution in [3.63, 3.8) is 0 Å². The average Bonchev–Trinajstić information content (AvgIpc) is 2.60. The van der Waals surface area contributed by atoms with Gasteiger partial charge in [-0.1, -0.05) is 30.3 Å². The summed E-state index contributed by atoms with van der Waals surface area (Å²) in [5, 5.41) is 0.752. The monoisotopic (exact) mass is 335 g/mol. The number of H-pyrrole nitrogens is 1. The van der Waals surface area contributed by atoms with Gasteiger partial charge in [0.1, 0.15) is 0 Å². The summed E-state index contributed by atoms with van der Waals surface area (Å²) in [7, 11) is 5.73. The van der Waals surface area contributed by atoms with Crippen LogP contribution >= 0.6 is 0 Å². The fraction of sp³-hybridized carbons (Fsp3) is 0.200. The lowest BCUT2D eigenvalue weighted by atomic mass is 10.1. The Labute approximate surface area is 146 Å². The maximum absolute atomic E-state index is 12.9. The molecule has 3 aromatic rings. The van der Waals surface area contributed by atoms with Crippen LogP contribution in [0.2, 0.25) is 0 Å². The molecule has 5 heteroatoms. The van der Waals surface area contributed by atoms with E-state index in [4.69, 9.17) is 0 Å². The Kier molecular flexibility index (Phi) is 4.57. The Balaban J connectivity index is 1.87. The van der Waals surface area contributed by atoms with Crippen LogP contribution < -0.4 is 10.5 Å². The molecule has 1 heterocycles. The minimum absolute atomic E-state index is 0.168. The van der Waals surface area contributed by atoms with Crippen LogP contribution in [0.1, 0.15) is 15.9 Å². The molecule has 0 radical (unpaired) electrons. The van der Waals surface area contributed by atoms with Crippen LogP contribution in [-0.2, 0) is 6.54 Å². The standard InChI is InChI=1S/C20H21N3O2/c1-22(2)15-10-8-14(9-11-15)13-23(3)20(25)17-12-19(24)21-18-7-5-4-6-16(17)18/h4-12H,13H2,1-3H3,(H,21,24). The van der Waals surface area contributed by atoms with Gasteiger partial charge in [-0.2, -0.15) is 0 Å². The molecule has 0 atom stereocenters. The first-order chi connectivity index (χ1) is 12.0. The first-order valence-corrected chi connectivity index (χ1v) is 8.09. The van der Waals surface area contributed by atoms with E-state index in [2.05, 4.69) is 4.98 Å². The zero-order valence-electron chi connectivity index (χ0n) is 14.6. The summed E-state index contributed by atoms with van der Waals surface area (Å²) in [6, 6.07) is 16.8. The van der Waals surface area contributed by atoms with Crippen molar-refractivity contribution in [3.05, 3.63) is 76.1 Å². The Hall–Kier alpha value is -3.08. The SMILES string of the molecule is CN(Cc1ccc(N(C)C)cc1)C(=O)c1cc(=O)[nH]c2ccccc12. The molecule has 128 valence electrons. The van der Waals surface area contributed by atoms with Gasteiger partial charge in [0.25, 0.3) is 5.91 Å². The molecule has 0 bridgehead atoms. The van der Waals surface area contributed by atoms with Crippen LogP contribution in [0.3, 0.4) is 0 Å². The number of aromatic nitrogens is 1. The van der Waals surface area contributed by atoms with Crippen LogP contribution in [0.4, 0.5) is 5.69 Å². The molecular formula is C20H21N3O2. The molecular weight excluding hydrogens is 314 g/mol. The number of rotatable bonds is 4. The summed E-state index contributed by atoms with van der Waals surface area (Å²) < 4.78 is 0. The van der Waals surface area contributed by atoms with Gasteiger partial charge >= 0.3 is 0 Å². The second-order valence-electron chi connectivity index (χ2n) is 6.31. The van der Waals surface area contributed by atoms with Gasteiger partial charge in [0.05, 0.1) is 5.56 Å². The second kappa shape index (κ2) is 6.81. The van der Waals surface area contributed by atoms with Crippen LogP contribution in [0, 0.1) is 0 Å². The molecule has 1 N–H and O–H groups in total. The Morgan fingerprint density at radius 3 is 2.36 bits per heavy atom. The van der Waals surface area contributed by atoms with E-state index in [1.54, 1.807) is 18.0 Å². The van der Waals surface area contributed by atoms with Crippen LogP contribution in [0.25, 0.3) is 10.9 Å². The number of benzene rings is 2. The van der Waals surface area contributed by atoms with E-state index in [0.717, 1.165) is 16.6 Å². The lowest BCUT2D eigenvalue weighted by Crippen LogP contribution is -2.27. The highest BCUT2D eigenvalue weighted by atomic mass is 16.2. The Morgan fingerprint density at radius 1 is 1.00 bits per heavy atom. The van der Waals surface area contributed by atoms with Crippen molar-refractivity contribution < 1.29 is 4.79 Å². The van der Waals surface area contributed by atoms with Gasteiger partial charge in [0, 0.05) is 50.3 Å². The third kappa shape index (κ3) is 3.55. The van der Waals surface area contributed by atoms with Gasteiger partial charge in [-0.3, -0.25) is 9.59 Å². The maximum Gasteiger partial charge on any atom is 0.254 e. The van der Waals surface area contributed by atoms with Crippen molar-refractivity contribution in [3.8, 4) is 0 Å². The van der Waals surface area contributed by atoms with Crippen LogP contribution in [-0.4, -0.2) is 36.9 Å². The summed E-state index contributed by atoms with van der Waals surface area (Å²) in [6.07, 6.45) is 0. The Morgan fingerprint density at radius 2 is 1.68 bits per heavy atom. The number of aromatic amines is 1. The summed E-state index contributed by atoms with van der Waals surface area (Å²) >= 11 is 0. The van der Waals surface area contributed by atoms with E-state index in [1.807, 2.05) is 61.5 Å². The van der Waals surface area contributed by atoms with Gasteiger partial charge in [0.2, 0.25) is 5.56 Å². The largest absolute Gasteiger partial charge is 0.378 e. The average molecular weight is 335 g/mol. The van der Waals surface area contributed by atoms with E-state index >= 15 is 0 Å². The van der Waals surface area contributed by atoms with Crippen molar-refractivity contribution in [2.45, 2.75) is 6.54 Å². The van der Waals surface area contributed by atoms with E-state index < -0.39 is 0 Å². The quantitative estimate of drug-likeness (QED) is 0.798. The first-order valence-electron chi connectivity index (χ1n) is 8.09. The molecule has 0 unspecified atom stereocenters. The molecule has 3 rings (SSSR count). The van der Waals surface area contributed by atoms with Crippen molar-refractivity contribution in [2.24, 2.45) is 0 Å². The zero-order valence-corrected chi connectivity index (χ0v) is 14.6. The maximum atomic E-state index is 12.9. The molecule has 0 saturated heterocycles. The number of para-hydroxylation sites is 1. The van der Waals surface area contributed by atoms with Crippen molar-refractivity contribution in [1.82, 2.24) is 9.88 Å². The van der Waals surface area contributed by atoms with Crippen molar-refractivity contribution in [1.29, 1.82) is 0 Å². The highest BCUT2D eigenvalue weighted by Crippen LogP contribution is 2.18. The molecule has 0 spiro atoms. The van der Waals surface area contributed by atoms with Gasteiger partial charge in [-0.25, -0.2) is 0 Å². The third-order valence-corrected chi connectivity index (χ3v) is 4.20. The number of nitrogens with zero attached hydrogens (tertiary/aromatic N) is 2. The number of carbonyl (C=O) groups excluding carboxylic acids is 1. The number of nitrogens with one attached hydrogen (secondary N) is 1. The molecule has 1 amide bonds. The number of carbonyl (C=O) groups is 1. The summed E-state index contributed by atoms with van der Waals surface area (Å²) in [6.45, 7) is 0.480. The normalized spacial score (nSPS) is 10.7. The smallest absolute Gasteiger partial charge is 0.254 e. The molecule has 1 aromatic heterocycles. The summed E-state index contributed by atoms with van der Waals surface area (Å²) in [4.78, 5) is 31.1. The van der Waals surface area contributed by atoms with Gasteiger partial charge in [-0.15, -0.1) is 0 Å². The third-order valence-electron chi connectivity index (χ3n) is 4.20. The predicted molar refractivity (Wildman–Crippen MR) is 101 cm³/mol. The molecule has 2 aromatic carbocycles. The van der Waals surface area contributed by atoms with Gasteiger partial charge in [-0.05, 0) is 23.8 Å². The molecule has 25 heavy (non-hydrogen) atoms. The van der Waals surface area contributed by atoms with E-state index in [1.165, 1.54) is 6.07 Å². The molecule has 0 aliphatic heterocycles. The Bertz CT molecular complexity index is 959. The highest BCUT2D eigenvalue weighted by molar-refractivity contribution is 6.05. The number of fused-ring (bicyclic) bond motifs is 1. The minimum Gasteiger partial charge on any atom is -0.378 e. The van der Waals surface area contributed by atoms with E-state index in [9.17, 15) is 9.59 Å². The number of hydrogen-bond donors (Lipinski definition) is 1. The molecule has 0 aliphatic carbocycles. The summed E-state index contributed by atoms with van der Waals surface area (Å²) in [5.74, 6) is -0.168. The van der Waals surface area contributed by atoms with Gasteiger partial charge in [0.15, 0.2) is 0 Å². The predicted octanol–water partition coefficient (Wildman–Crippen LogP) is 2.87. The minimum atomic E-state index is -0.272. The van der Waals surface area contributed by atoms with Crippen molar-refractivity contribution >= 4 is 22.5 Å². The van der Waals surface area contributed by atoms with Crippen molar-refractivity contribution in [2.75, 3.05) is 26.0 Å². The number of hydrogen-bond acceptors (Lipinski definition) is 3. The molecule has 0 saturated carbocycles. The lowest BCUT2D eigenvalue weighted by Gasteiger charge is -2.19. The molecule has 5 nitrogen and oxygen atoms in total. The topological polar surface area (TPSA) is 56.4 Å². The van der Waals surface area contributed by atoms with E-state index in [0.29, 0.717) is 17.6 Å².